The topological polar surface area (TPSA) is 409 Å². The van der Waals surface area contributed by atoms with Crippen LogP contribution in [0.15, 0.2) is 41.8 Å². The van der Waals surface area contributed by atoms with E-state index in [1.165, 1.54) is 41.7 Å². The van der Waals surface area contributed by atoms with Gasteiger partial charge in [0.2, 0.25) is 41.4 Å². The van der Waals surface area contributed by atoms with Gasteiger partial charge >= 0.3 is 11.9 Å². The molecule has 72 heavy (non-hydrogen) atoms. The maximum atomic E-state index is 14.5. The number of aromatic hydroxyl groups is 1. The summed E-state index contributed by atoms with van der Waals surface area (Å²) in [5, 5.41) is 44.9. The van der Waals surface area contributed by atoms with Crippen LogP contribution in [-0.2, 0) is 56.0 Å². The van der Waals surface area contributed by atoms with Gasteiger partial charge in [0.05, 0.1) is 18.8 Å². The lowest BCUT2D eigenvalue weighted by atomic mass is 9.96. The summed E-state index contributed by atoms with van der Waals surface area (Å²) >= 11 is 0. The van der Waals surface area contributed by atoms with Crippen molar-refractivity contribution in [1.29, 1.82) is 0 Å². The third-order valence-electron chi connectivity index (χ3n) is 12.6. The molecule has 0 unspecified atom stereocenters. The Balaban J connectivity index is 1.94. The molecule has 398 valence electrons. The molecule has 0 bridgehead atoms. The van der Waals surface area contributed by atoms with Crippen LogP contribution in [0.1, 0.15) is 97.7 Å². The number of likely N-dealkylation sites (tertiary alicyclic amines) is 1. The monoisotopic (exact) mass is 1010 g/mol. The number of nitrogens with zero attached hydrogens (tertiary/aromatic N) is 3. The van der Waals surface area contributed by atoms with Crippen molar-refractivity contribution >= 4 is 59.2 Å². The maximum absolute atomic E-state index is 14.5. The number of H-pyrrole nitrogens is 1. The number of benzene rings is 1. The number of nitrogens with one attached hydrogen (secondary N) is 7. The molecular formula is C47H73N13O12. The van der Waals surface area contributed by atoms with Gasteiger partial charge in [-0.1, -0.05) is 66.5 Å². The number of imidazole rings is 1. The molecule has 7 amide bonds. The lowest BCUT2D eigenvalue weighted by molar-refractivity contribution is -0.146. The number of guanidine groups is 1. The number of aliphatic imine (C=N–C) groups is 1. The Morgan fingerprint density at radius 3 is 1.92 bits per heavy atom. The minimum Gasteiger partial charge on any atom is -0.508 e. The number of hydrogen-bond acceptors (Lipinski definition) is 13. The first-order valence-corrected chi connectivity index (χ1v) is 24.1. The molecule has 16 N–H and O–H groups in total. The van der Waals surface area contributed by atoms with Gasteiger partial charge in [-0.05, 0) is 61.1 Å². The largest absolute Gasteiger partial charge is 0.508 e. The Kier molecular flexibility index (Phi) is 23.4. The van der Waals surface area contributed by atoms with Crippen molar-refractivity contribution < 1.29 is 58.5 Å². The summed E-state index contributed by atoms with van der Waals surface area (Å²) in [5.41, 5.74) is 17.6. The van der Waals surface area contributed by atoms with Crippen LogP contribution < -0.4 is 49.1 Å². The molecule has 0 spiro atoms. The fourth-order valence-corrected chi connectivity index (χ4v) is 7.93. The van der Waals surface area contributed by atoms with Crippen molar-refractivity contribution in [2.75, 3.05) is 13.1 Å². The van der Waals surface area contributed by atoms with Crippen molar-refractivity contribution in [1.82, 2.24) is 46.8 Å². The van der Waals surface area contributed by atoms with E-state index in [1.807, 2.05) is 0 Å². The van der Waals surface area contributed by atoms with Crippen molar-refractivity contribution in [2.45, 2.75) is 148 Å². The van der Waals surface area contributed by atoms with Gasteiger partial charge in [-0.2, -0.15) is 0 Å². The quantitative estimate of drug-likeness (QED) is 0.0250. The summed E-state index contributed by atoms with van der Waals surface area (Å²) in [6, 6.07) is -4.60. The molecule has 0 saturated carbocycles. The number of carboxylic acid groups (broad SMARTS) is 2. The van der Waals surface area contributed by atoms with Gasteiger partial charge in [0, 0.05) is 37.8 Å². The second-order valence-corrected chi connectivity index (χ2v) is 18.5. The molecule has 25 heteroatoms. The number of carboxylic acids is 2. The van der Waals surface area contributed by atoms with E-state index in [2.05, 4.69) is 46.9 Å². The number of amides is 7. The van der Waals surface area contributed by atoms with Gasteiger partial charge in [0.15, 0.2) is 5.96 Å². The van der Waals surface area contributed by atoms with Crippen LogP contribution >= 0.6 is 0 Å². The maximum Gasteiger partial charge on any atom is 0.326 e. The number of aromatic nitrogens is 2. The molecule has 2 heterocycles. The Morgan fingerprint density at radius 2 is 1.35 bits per heavy atom. The molecule has 1 aliphatic heterocycles. The minimum atomic E-state index is -1.51. The first kappa shape index (κ1) is 59.0. The molecule has 2 aromatic rings. The number of rotatable bonds is 29. The molecule has 1 aliphatic rings. The van der Waals surface area contributed by atoms with Crippen LogP contribution in [-0.4, -0.2) is 151 Å². The zero-order valence-electron chi connectivity index (χ0n) is 41.7. The van der Waals surface area contributed by atoms with Crippen molar-refractivity contribution in [3.63, 3.8) is 0 Å². The third kappa shape index (κ3) is 18.1. The molecule has 1 aromatic heterocycles. The normalized spacial score (nSPS) is 17.1. The Morgan fingerprint density at radius 1 is 0.764 bits per heavy atom. The second-order valence-electron chi connectivity index (χ2n) is 18.5. The lowest BCUT2D eigenvalue weighted by Crippen LogP contribution is -2.62. The summed E-state index contributed by atoms with van der Waals surface area (Å²) in [6.07, 6.45) is 3.47. The molecule has 1 saturated heterocycles. The standard InChI is InChI=1S/C47H73N13O12/c1-7-25(5)37(44(69)56-33(20-28-22-51-23-53-28)45(70)60-18-10-12-34(60)42(67)59-38(46(71)72)26(6)8-2)58-41(66)32(19-27-13-15-29(61)16-14-27)55-43(68)36(24(3)4)57-40(65)31(11-9-17-52-47(49)50)54-39(64)30(48)21-35(62)63/h13-16,22-26,30-34,36-38,61H,7-12,17-21,48H2,1-6H3,(H,51,53)(H,54,64)(H,55,68)(H,56,69)(H,57,65)(H,58,66)(H,59,67)(H,62,63)(H,71,72)(H4,49,50,52)/t25-,26-,30-,31-,32+,33-,34+,36-,37-,38-/m0/s1. The lowest BCUT2D eigenvalue weighted by Gasteiger charge is -2.32. The highest BCUT2D eigenvalue weighted by Gasteiger charge is 2.41. The molecule has 1 aromatic carbocycles. The van der Waals surface area contributed by atoms with E-state index >= 15 is 0 Å². The number of carbonyl (C=O) groups is 9. The van der Waals surface area contributed by atoms with Crippen LogP contribution in [0.2, 0.25) is 0 Å². The van der Waals surface area contributed by atoms with E-state index in [1.54, 1.807) is 41.5 Å². The van der Waals surface area contributed by atoms with Crippen LogP contribution in [0, 0.1) is 17.8 Å². The van der Waals surface area contributed by atoms with Gasteiger partial charge < -0.3 is 74.3 Å². The van der Waals surface area contributed by atoms with E-state index in [4.69, 9.17) is 22.3 Å². The fraction of sp³-hybridized carbons (Fsp3) is 0.596. The third-order valence-corrected chi connectivity index (χ3v) is 12.6. The van der Waals surface area contributed by atoms with E-state index in [9.17, 15) is 53.4 Å². The zero-order valence-corrected chi connectivity index (χ0v) is 41.7. The average molecular weight is 1010 g/mol. The van der Waals surface area contributed by atoms with Gasteiger partial charge in [-0.3, -0.25) is 43.3 Å². The van der Waals surface area contributed by atoms with Crippen LogP contribution in [0.3, 0.4) is 0 Å². The summed E-state index contributed by atoms with van der Waals surface area (Å²) < 4.78 is 0. The number of nitrogens with two attached hydrogens (primary N) is 3. The highest BCUT2D eigenvalue weighted by Crippen LogP contribution is 2.22. The van der Waals surface area contributed by atoms with Gasteiger partial charge in [-0.25, -0.2) is 9.78 Å². The molecule has 3 rings (SSSR count). The Bertz CT molecular complexity index is 2200. The van der Waals surface area contributed by atoms with E-state index in [-0.39, 0.29) is 56.9 Å². The zero-order chi connectivity index (χ0) is 53.8. The summed E-state index contributed by atoms with van der Waals surface area (Å²) in [7, 11) is 0. The number of phenolic OH excluding ortho intramolecular Hbond substituents is 1. The van der Waals surface area contributed by atoms with E-state index in [0.29, 0.717) is 30.5 Å². The van der Waals surface area contributed by atoms with Crippen molar-refractivity contribution in [2.24, 2.45) is 39.9 Å². The summed E-state index contributed by atoms with van der Waals surface area (Å²) in [4.78, 5) is 133. The van der Waals surface area contributed by atoms with Crippen LogP contribution in [0.25, 0.3) is 0 Å². The highest BCUT2D eigenvalue weighted by molar-refractivity contribution is 5.98. The van der Waals surface area contributed by atoms with Gasteiger partial charge in [-0.15, -0.1) is 0 Å². The van der Waals surface area contributed by atoms with Crippen LogP contribution in [0.4, 0.5) is 0 Å². The highest BCUT2D eigenvalue weighted by atomic mass is 16.4. The number of aliphatic carboxylic acids is 2. The summed E-state index contributed by atoms with van der Waals surface area (Å²) in [5.74, 6) is -9.91. The van der Waals surface area contributed by atoms with E-state index in [0.717, 1.165) is 0 Å². The van der Waals surface area contributed by atoms with Crippen LogP contribution in [0.5, 0.6) is 5.75 Å². The number of carbonyl (C=O) groups excluding carboxylic acids is 7. The first-order valence-electron chi connectivity index (χ1n) is 24.1. The van der Waals surface area contributed by atoms with Gasteiger partial charge in [0.1, 0.15) is 48.0 Å². The predicted octanol–water partition coefficient (Wildman–Crippen LogP) is -1.51. The Labute approximate surface area is 418 Å². The second kappa shape index (κ2) is 28.5. The fourth-order valence-electron chi connectivity index (χ4n) is 7.93. The molecular weight excluding hydrogens is 939 g/mol. The molecule has 0 radical (unpaired) electrons. The van der Waals surface area contributed by atoms with Crippen molar-refractivity contribution in [3.05, 3.63) is 48.0 Å². The smallest absolute Gasteiger partial charge is 0.326 e. The van der Waals surface area contributed by atoms with Gasteiger partial charge in [0.25, 0.3) is 0 Å². The molecule has 0 aliphatic carbocycles. The summed E-state index contributed by atoms with van der Waals surface area (Å²) in [6.45, 7) is 10.4. The number of phenols is 1. The first-order chi connectivity index (χ1) is 34.0. The average Bonchev–Trinajstić information content (AvgIpc) is 4.04. The SMILES string of the molecule is CC[C@H](C)[C@H](NC(=O)[C@H]1CCCN1C(=O)[C@H](Cc1cnc[nH]1)NC(=O)[C@@H](NC(=O)[C@@H](Cc1ccc(O)cc1)NC(=O)[C@@H](NC(=O)[C@H](CCCN=C(N)N)NC(=O)[C@@H](N)CC(=O)O)C(C)C)[C@@H](C)CC)C(=O)O. The minimum absolute atomic E-state index is 0.0561. The van der Waals surface area contributed by atoms with Crippen molar-refractivity contribution in [3.8, 4) is 5.75 Å². The molecule has 1 fully saturated rings. The number of hydrogen-bond donors (Lipinski definition) is 13. The van der Waals surface area contributed by atoms with E-state index < -0.39 is 126 Å². The predicted molar refractivity (Wildman–Crippen MR) is 262 cm³/mol. The number of aromatic amines is 1. The molecule has 10 atom stereocenters. The molecule has 25 nitrogen and oxygen atoms in total. The Hall–Kier alpha value is -7.31.